The zero-order chi connectivity index (χ0) is 27.6. The van der Waals surface area contributed by atoms with Crippen molar-refractivity contribution in [1.29, 1.82) is 0 Å². The van der Waals surface area contributed by atoms with E-state index in [9.17, 15) is 19.2 Å². The highest BCUT2D eigenvalue weighted by molar-refractivity contribution is 6.08. The summed E-state index contributed by atoms with van der Waals surface area (Å²) in [6, 6.07) is 24.2. The summed E-state index contributed by atoms with van der Waals surface area (Å²) in [5.41, 5.74) is 1.31. The van der Waals surface area contributed by atoms with Crippen LogP contribution in [0.25, 0.3) is 0 Å². The van der Waals surface area contributed by atoms with Crippen LogP contribution in [0.3, 0.4) is 0 Å². The second-order valence-corrected chi connectivity index (χ2v) is 10.7. The number of hydrogen-bond donors (Lipinski definition) is 1. The smallest absolute Gasteiger partial charge is 0.330 e. The van der Waals surface area contributed by atoms with E-state index in [1.165, 1.54) is 0 Å². The number of carbonyl (C=O) groups is 4. The number of imide groups is 1. The predicted octanol–water partition coefficient (Wildman–Crippen LogP) is 4.60. The van der Waals surface area contributed by atoms with Crippen LogP contribution in [-0.4, -0.2) is 41.2 Å². The first-order valence-corrected chi connectivity index (χ1v) is 13.7. The number of fused-ring (bicyclic) bond motifs is 5. The van der Waals surface area contributed by atoms with Gasteiger partial charge in [-0.15, -0.1) is 0 Å². The van der Waals surface area contributed by atoms with Crippen LogP contribution in [0.4, 0.5) is 5.69 Å². The Morgan fingerprint density at radius 2 is 1.38 bits per heavy atom. The molecule has 2 aliphatic carbocycles. The van der Waals surface area contributed by atoms with E-state index in [-0.39, 0.29) is 41.9 Å². The molecular formula is C32H30N2O6. The molecule has 3 aromatic rings. The van der Waals surface area contributed by atoms with E-state index in [2.05, 4.69) is 5.32 Å². The molecule has 2 bridgehead atoms. The predicted molar refractivity (Wildman–Crippen MR) is 146 cm³/mol. The molecule has 5 atom stereocenters. The van der Waals surface area contributed by atoms with Crippen molar-refractivity contribution in [3.05, 3.63) is 90.5 Å². The van der Waals surface area contributed by atoms with Crippen molar-refractivity contribution < 1.29 is 28.7 Å². The molecular weight excluding hydrogens is 508 g/mol. The van der Waals surface area contributed by atoms with Gasteiger partial charge in [-0.2, -0.15) is 0 Å². The number of benzene rings is 3. The van der Waals surface area contributed by atoms with Crippen molar-refractivity contribution in [1.82, 2.24) is 4.90 Å². The van der Waals surface area contributed by atoms with Crippen molar-refractivity contribution in [2.45, 2.75) is 31.7 Å². The highest BCUT2D eigenvalue weighted by atomic mass is 16.5. The van der Waals surface area contributed by atoms with Gasteiger partial charge in [-0.05, 0) is 73.1 Å². The van der Waals surface area contributed by atoms with E-state index in [0.717, 1.165) is 29.7 Å². The number of hydrogen-bond acceptors (Lipinski definition) is 6. The molecule has 3 aliphatic rings. The summed E-state index contributed by atoms with van der Waals surface area (Å²) in [4.78, 5) is 54.0. The molecule has 8 heteroatoms. The van der Waals surface area contributed by atoms with Crippen LogP contribution >= 0.6 is 0 Å². The van der Waals surface area contributed by atoms with Crippen molar-refractivity contribution in [3.63, 3.8) is 0 Å². The van der Waals surface area contributed by atoms with Gasteiger partial charge in [-0.3, -0.25) is 19.3 Å². The Morgan fingerprint density at radius 1 is 0.800 bits per heavy atom. The van der Waals surface area contributed by atoms with Gasteiger partial charge >= 0.3 is 5.97 Å². The molecule has 6 rings (SSSR count). The van der Waals surface area contributed by atoms with Gasteiger partial charge in [0.2, 0.25) is 11.8 Å². The maximum Gasteiger partial charge on any atom is 0.330 e. The number of nitrogens with one attached hydrogen (secondary N) is 1. The van der Waals surface area contributed by atoms with Gasteiger partial charge in [0.1, 0.15) is 17.5 Å². The largest absolute Gasteiger partial charge is 0.457 e. The number of amides is 3. The summed E-state index contributed by atoms with van der Waals surface area (Å²) >= 11 is 0. The normalized spacial score (nSPS) is 23.6. The zero-order valence-electron chi connectivity index (χ0n) is 21.9. The Bertz CT molecular complexity index is 1380. The number of carbonyl (C=O) groups excluding carboxylic acids is 4. The van der Waals surface area contributed by atoms with E-state index < -0.39 is 24.5 Å². The molecule has 1 saturated heterocycles. The molecule has 0 radical (unpaired) electrons. The third kappa shape index (κ3) is 5.09. The van der Waals surface area contributed by atoms with E-state index in [4.69, 9.17) is 9.47 Å². The lowest BCUT2D eigenvalue weighted by atomic mass is 9.81. The fourth-order valence-corrected chi connectivity index (χ4v) is 6.52. The van der Waals surface area contributed by atoms with Crippen LogP contribution < -0.4 is 10.1 Å². The molecule has 0 spiro atoms. The van der Waals surface area contributed by atoms with Gasteiger partial charge in [0.15, 0.2) is 6.61 Å². The van der Waals surface area contributed by atoms with Crippen molar-refractivity contribution >= 4 is 29.4 Å². The van der Waals surface area contributed by atoms with Gasteiger partial charge in [-0.1, -0.05) is 48.5 Å². The van der Waals surface area contributed by atoms with E-state index in [1.807, 2.05) is 60.7 Å². The van der Waals surface area contributed by atoms with Crippen LogP contribution in [0.1, 0.15) is 24.8 Å². The second kappa shape index (κ2) is 11.0. The van der Waals surface area contributed by atoms with Crippen LogP contribution in [0.5, 0.6) is 11.5 Å². The van der Waals surface area contributed by atoms with Crippen LogP contribution in [0.15, 0.2) is 84.9 Å². The molecule has 3 aromatic carbocycles. The average Bonchev–Trinajstić information content (AvgIpc) is 3.66. The van der Waals surface area contributed by atoms with Gasteiger partial charge in [0.25, 0.3) is 5.91 Å². The Labute approximate surface area is 232 Å². The number of anilines is 1. The SMILES string of the molecule is O=C(COC(=O)[C@H](Cc1ccccc1)N1C(=O)[C@H]2[C@H]3CC[C@@H](C3)[C@@H]2C1=O)Nc1ccc(Oc2ccccc2)cc1. The van der Waals surface area contributed by atoms with Crippen molar-refractivity contribution in [3.8, 4) is 11.5 Å². The first-order chi connectivity index (χ1) is 19.5. The Morgan fingerprint density at radius 3 is 2.00 bits per heavy atom. The first kappa shape index (κ1) is 25.8. The standard InChI is InChI=1S/C32H30N2O6/c35-27(33-23-13-15-25(16-14-23)40-24-9-5-2-6-10-24)19-39-32(38)26(17-20-7-3-1-4-8-20)34-30(36)28-21-11-12-22(18-21)29(28)31(34)37/h1-10,13-16,21-22,26,28-29H,11-12,17-19H2,(H,33,35)/t21-,22-,26-,28-,29-/m0/s1. The highest BCUT2D eigenvalue weighted by Gasteiger charge is 2.62. The fraction of sp³-hybridized carbons (Fsp3) is 0.312. The Kier molecular flexibility index (Phi) is 7.07. The minimum Gasteiger partial charge on any atom is -0.457 e. The average molecular weight is 539 g/mol. The molecule has 2 saturated carbocycles. The third-order valence-electron chi connectivity index (χ3n) is 8.28. The summed E-state index contributed by atoms with van der Waals surface area (Å²) in [5.74, 6) is -0.800. The summed E-state index contributed by atoms with van der Waals surface area (Å²) in [7, 11) is 0. The van der Waals surface area contributed by atoms with E-state index in [0.29, 0.717) is 17.2 Å². The zero-order valence-corrected chi connectivity index (χ0v) is 21.9. The van der Waals surface area contributed by atoms with Gasteiger partial charge in [0, 0.05) is 12.1 Å². The highest BCUT2D eigenvalue weighted by Crippen LogP contribution is 2.56. The number of nitrogens with zero attached hydrogens (tertiary/aromatic N) is 1. The number of likely N-dealkylation sites (tertiary alicyclic amines) is 1. The monoisotopic (exact) mass is 538 g/mol. The molecule has 1 aliphatic heterocycles. The lowest BCUT2D eigenvalue weighted by molar-refractivity contribution is -0.160. The summed E-state index contributed by atoms with van der Waals surface area (Å²) in [6.07, 6.45) is 2.95. The molecule has 3 fully saturated rings. The number of ether oxygens (including phenoxy) is 2. The molecule has 0 unspecified atom stereocenters. The molecule has 1 heterocycles. The topological polar surface area (TPSA) is 102 Å². The number of esters is 1. The first-order valence-electron chi connectivity index (χ1n) is 13.7. The van der Waals surface area contributed by atoms with Crippen molar-refractivity contribution in [2.75, 3.05) is 11.9 Å². The van der Waals surface area contributed by atoms with Crippen molar-refractivity contribution in [2.24, 2.45) is 23.7 Å². The Hall–Kier alpha value is -4.46. The van der Waals surface area contributed by atoms with E-state index in [1.54, 1.807) is 24.3 Å². The van der Waals surface area contributed by atoms with Crippen LogP contribution in [0, 0.1) is 23.7 Å². The van der Waals surface area contributed by atoms with Crippen LogP contribution in [0.2, 0.25) is 0 Å². The quantitative estimate of drug-likeness (QED) is 0.316. The second-order valence-electron chi connectivity index (χ2n) is 10.7. The summed E-state index contributed by atoms with van der Waals surface area (Å²) < 4.78 is 11.2. The minimum atomic E-state index is -1.12. The molecule has 0 aromatic heterocycles. The summed E-state index contributed by atoms with van der Waals surface area (Å²) in [5, 5.41) is 2.70. The van der Waals surface area contributed by atoms with Crippen LogP contribution in [-0.2, 0) is 30.3 Å². The lowest BCUT2D eigenvalue weighted by Gasteiger charge is -2.26. The van der Waals surface area contributed by atoms with Gasteiger partial charge < -0.3 is 14.8 Å². The maximum absolute atomic E-state index is 13.5. The Balaban J connectivity index is 1.10. The lowest BCUT2D eigenvalue weighted by Crippen LogP contribution is -2.48. The minimum absolute atomic E-state index is 0.135. The molecule has 3 amide bonds. The third-order valence-corrected chi connectivity index (χ3v) is 8.28. The number of rotatable bonds is 9. The molecule has 204 valence electrons. The molecule has 1 N–H and O–H groups in total. The van der Waals surface area contributed by atoms with E-state index >= 15 is 0 Å². The molecule has 40 heavy (non-hydrogen) atoms. The number of para-hydroxylation sites is 1. The fourth-order valence-electron chi connectivity index (χ4n) is 6.52. The summed E-state index contributed by atoms with van der Waals surface area (Å²) in [6.45, 7) is -0.541. The maximum atomic E-state index is 13.5. The van der Waals surface area contributed by atoms with Gasteiger partial charge in [0.05, 0.1) is 11.8 Å². The molecule has 8 nitrogen and oxygen atoms in total. The van der Waals surface area contributed by atoms with Gasteiger partial charge in [-0.25, -0.2) is 4.79 Å².